The van der Waals surface area contributed by atoms with Crippen LogP contribution in [-0.2, 0) is 11.4 Å². The number of benzene rings is 1. The highest BCUT2D eigenvalue weighted by Gasteiger charge is 2.28. The number of hydrogen-bond acceptors (Lipinski definition) is 7. The third-order valence-corrected chi connectivity index (χ3v) is 4.38. The summed E-state index contributed by atoms with van der Waals surface area (Å²) in [5, 5.41) is 4.18. The number of ether oxygens (including phenoxy) is 3. The van der Waals surface area contributed by atoms with Crippen LogP contribution in [0.5, 0.6) is 11.5 Å². The molecule has 1 fully saturated rings. The van der Waals surface area contributed by atoms with Gasteiger partial charge in [0.15, 0.2) is 11.5 Å². The average molecular weight is 330 g/mol. The quantitative estimate of drug-likeness (QED) is 0.788. The second-order valence-electron chi connectivity index (χ2n) is 5.82. The van der Waals surface area contributed by atoms with Crippen molar-refractivity contribution in [1.82, 2.24) is 19.7 Å². The molecular weight excluding hydrogens is 312 g/mol. The van der Waals surface area contributed by atoms with Crippen LogP contribution in [-0.4, -0.2) is 46.1 Å². The van der Waals surface area contributed by atoms with Crippen molar-refractivity contribution in [1.29, 1.82) is 0 Å². The Morgan fingerprint density at radius 1 is 1.38 bits per heavy atom. The topological polar surface area (TPSA) is 78.7 Å². The van der Waals surface area contributed by atoms with Gasteiger partial charge >= 0.3 is 5.97 Å². The molecule has 1 aromatic carbocycles. The van der Waals surface area contributed by atoms with E-state index in [0.29, 0.717) is 6.67 Å². The molecule has 0 saturated carbocycles. The van der Waals surface area contributed by atoms with Crippen molar-refractivity contribution in [3.05, 3.63) is 35.9 Å². The number of nitrogens with zero attached hydrogens (tertiary/aromatic N) is 4. The lowest BCUT2D eigenvalue weighted by atomic mass is 10.0. The summed E-state index contributed by atoms with van der Waals surface area (Å²) in [6.07, 6.45) is 3.73. The number of likely N-dealkylation sites (tertiary alicyclic amines) is 1. The summed E-state index contributed by atoms with van der Waals surface area (Å²) in [5.74, 6) is 1.15. The lowest BCUT2D eigenvalue weighted by molar-refractivity contribution is 0.0585. The van der Waals surface area contributed by atoms with E-state index in [1.807, 2.05) is 12.1 Å². The van der Waals surface area contributed by atoms with Crippen LogP contribution in [0.3, 0.4) is 0 Å². The Morgan fingerprint density at radius 2 is 2.25 bits per heavy atom. The Kier molecular flexibility index (Phi) is 3.81. The molecule has 4 rings (SSSR count). The lowest BCUT2D eigenvalue weighted by Crippen LogP contribution is -2.26. The van der Waals surface area contributed by atoms with Gasteiger partial charge in [-0.15, -0.1) is 5.10 Å². The highest BCUT2D eigenvalue weighted by Crippen LogP contribution is 2.38. The number of carbonyl (C=O) groups is 1. The number of methoxy groups -OCH3 is 1. The first kappa shape index (κ1) is 14.9. The van der Waals surface area contributed by atoms with Crippen molar-refractivity contribution in [2.75, 3.05) is 20.4 Å². The molecule has 0 radical (unpaired) electrons. The zero-order valence-electron chi connectivity index (χ0n) is 13.3. The molecule has 3 heterocycles. The number of carbonyl (C=O) groups excluding carboxylic acids is 1. The number of fused-ring (bicyclic) bond motifs is 1. The van der Waals surface area contributed by atoms with Gasteiger partial charge in [0.25, 0.3) is 5.82 Å². The van der Waals surface area contributed by atoms with Crippen LogP contribution in [0.25, 0.3) is 0 Å². The van der Waals surface area contributed by atoms with Gasteiger partial charge in [0.05, 0.1) is 13.8 Å². The maximum absolute atomic E-state index is 11.5. The molecule has 8 heteroatoms. The Morgan fingerprint density at radius 3 is 3.12 bits per heavy atom. The van der Waals surface area contributed by atoms with E-state index in [4.69, 9.17) is 9.47 Å². The van der Waals surface area contributed by atoms with Crippen LogP contribution in [0.1, 0.15) is 35.1 Å². The van der Waals surface area contributed by atoms with Gasteiger partial charge in [0.1, 0.15) is 6.33 Å². The third-order valence-electron chi connectivity index (χ3n) is 4.38. The van der Waals surface area contributed by atoms with Crippen LogP contribution < -0.4 is 9.47 Å². The predicted octanol–water partition coefficient (Wildman–Crippen LogP) is 1.59. The van der Waals surface area contributed by atoms with E-state index in [2.05, 4.69) is 25.8 Å². The molecule has 1 saturated heterocycles. The second kappa shape index (κ2) is 6.12. The van der Waals surface area contributed by atoms with Gasteiger partial charge < -0.3 is 14.2 Å². The summed E-state index contributed by atoms with van der Waals surface area (Å²) in [6, 6.07) is 6.37. The summed E-state index contributed by atoms with van der Waals surface area (Å²) >= 11 is 0. The summed E-state index contributed by atoms with van der Waals surface area (Å²) < 4.78 is 17.1. The first-order valence-electron chi connectivity index (χ1n) is 7.86. The molecule has 0 spiro atoms. The molecule has 2 aromatic rings. The molecular formula is C16H18N4O4. The molecule has 24 heavy (non-hydrogen) atoms. The van der Waals surface area contributed by atoms with Gasteiger partial charge in [-0.05, 0) is 30.5 Å². The zero-order chi connectivity index (χ0) is 16.5. The molecule has 0 aliphatic carbocycles. The first-order chi connectivity index (χ1) is 11.7. The van der Waals surface area contributed by atoms with Crippen molar-refractivity contribution in [3.63, 3.8) is 0 Å². The summed E-state index contributed by atoms with van der Waals surface area (Å²) in [7, 11) is 1.32. The Bertz CT molecular complexity index is 760. The predicted molar refractivity (Wildman–Crippen MR) is 82.6 cm³/mol. The van der Waals surface area contributed by atoms with Crippen molar-refractivity contribution in [3.8, 4) is 11.5 Å². The molecule has 2 aliphatic heterocycles. The van der Waals surface area contributed by atoms with E-state index in [1.165, 1.54) is 12.7 Å². The van der Waals surface area contributed by atoms with Gasteiger partial charge in [0, 0.05) is 12.6 Å². The van der Waals surface area contributed by atoms with Crippen molar-refractivity contribution in [2.24, 2.45) is 0 Å². The van der Waals surface area contributed by atoms with E-state index < -0.39 is 5.97 Å². The molecule has 126 valence electrons. The van der Waals surface area contributed by atoms with E-state index in [0.717, 1.165) is 30.9 Å². The van der Waals surface area contributed by atoms with Crippen LogP contribution in [0.2, 0.25) is 0 Å². The first-order valence-corrected chi connectivity index (χ1v) is 7.86. The number of hydrogen-bond donors (Lipinski definition) is 0. The van der Waals surface area contributed by atoms with Gasteiger partial charge in [-0.25, -0.2) is 14.5 Å². The minimum atomic E-state index is -0.525. The Labute approximate surface area is 138 Å². The van der Waals surface area contributed by atoms with Gasteiger partial charge in [-0.3, -0.25) is 4.90 Å². The van der Waals surface area contributed by atoms with E-state index in [-0.39, 0.29) is 18.7 Å². The standard InChI is InChI=1S/C16H18N4O4/c1-22-16(21)15-17-8-20(18-15)9-19-6-2-3-12(19)11-4-5-13-14(7-11)24-10-23-13/h4-5,7-8,12H,2-3,6,9-10H2,1H3/t12-/m0/s1. The molecule has 0 N–H and O–H groups in total. The average Bonchev–Trinajstić information content (AvgIpc) is 3.34. The van der Waals surface area contributed by atoms with Crippen LogP contribution >= 0.6 is 0 Å². The zero-order valence-corrected chi connectivity index (χ0v) is 13.3. The van der Waals surface area contributed by atoms with Gasteiger partial charge in [-0.1, -0.05) is 6.07 Å². The fraction of sp³-hybridized carbons (Fsp3) is 0.438. The lowest BCUT2D eigenvalue weighted by Gasteiger charge is -2.24. The van der Waals surface area contributed by atoms with Crippen LogP contribution in [0.4, 0.5) is 0 Å². The molecule has 2 aliphatic rings. The van der Waals surface area contributed by atoms with E-state index >= 15 is 0 Å². The van der Waals surface area contributed by atoms with Gasteiger partial charge in [-0.2, -0.15) is 0 Å². The Hall–Kier alpha value is -2.61. The second-order valence-corrected chi connectivity index (χ2v) is 5.82. The highest BCUT2D eigenvalue weighted by atomic mass is 16.7. The summed E-state index contributed by atoms with van der Waals surface area (Å²) in [6.45, 7) is 1.82. The van der Waals surface area contributed by atoms with Gasteiger partial charge in [0.2, 0.25) is 6.79 Å². The van der Waals surface area contributed by atoms with Crippen molar-refractivity contribution >= 4 is 5.97 Å². The minimum absolute atomic E-state index is 0.0799. The van der Waals surface area contributed by atoms with E-state index in [1.54, 1.807) is 11.0 Å². The van der Waals surface area contributed by atoms with Crippen LogP contribution in [0.15, 0.2) is 24.5 Å². The molecule has 1 atom stereocenters. The SMILES string of the molecule is COC(=O)c1ncn(CN2CCC[C@H]2c2ccc3c(c2)OCO3)n1. The molecule has 8 nitrogen and oxygen atoms in total. The number of aromatic nitrogens is 3. The fourth-order valence-electron chi connectivity index (χ4n) is 3.23. The van der Waals surface area contributed by atoms with Crippen molar-refractivity contribution in [2.45, 2.75) is 25.6 Å². The third kappa shape index (κ3) is 2.69. The maximum Gasteiger partial charge on any atom is 0.377 e. The molecule has 0 amide bonds. The monoisotopic (exact) mass is 330 g/mol. The summed E-state index contributed by atoms with van der Waals surface area (Å²) in [5.41, 5.74) is 1.20. The van der Waals surface area contributed by atoms with E-state index in [9.17, 15) is 4.79 Å². The normalized spacial score (nSPS) is 19.6. The smallest absolute Gasteiger partial charge is 0.377 e. The maximum atomic E-state index is 11.5. The fourth-order valence-corrected chi connectivity index (χ4v) is 3.23. The highest BCUT2D eigenvalue weighted by molar-refractivity contribution is 5.84. The minimum Gasteiger partial charge on any atom is -0.463 e. The summed E-state index contributed by atoms with van der Waals surface area (Å²) in [4.78, 5) is 17.8. The number of esters is 1. The Balaban J connectivity index is 1.50. The molecule has 1 aromatic heterocycles. The molecule has 0 bridgehead atoms. The van der Waals surface area contributed by atoms with Crippen LogP contribution in [0, 0.1) is 0 Å². The molecule has 0 unspecified atom stereocenters. The van der Waals surface area contributed by atoms with Crippen molar-refractivity contribution < 1.29 is 19.0 Å². The largest absolute Gasteiger partial charge is 0.463 e. The number of rotatable bonds is 4.